The number of hydrogen-bond acceptors (Lipinski definition) is 15. The van der Waals surface area contributed by atoms with Crippen LogP contribution in [0.3, 0.4) is 0 Å². The second-order valence-corrected chi connectivity index (χ2v) is 22.2. The summed E-state index contributed by atoms with van der Waals surface area (Å²) in [5, 5.41) is 40.6. The Morgan fingerprint density at radius 1 is 0.500 bits per heavy atom. The first kappa shape index (κ1) is 108. The largest absolute Gasteiger partial charge is 0 e. The van der Waals surface area contributed by atoms with Crippen molar-refractivity contribution in [3.05, 3.63) is 28.2 Å². The summed E-state index contributed by atoms with van der Waals surface area (Å²) in [6, 6.07) is 0. The Hall–Kier alpha value is -3.13. The number of carbonyl (C=O) groups is 7. The smallest absolute Gasteiger partial charge is 0 e. The molecule has 7 N–H and O–H groups in total. The number of carbonyl (C=O) groups excluding carboxylic acids is 5. The SMILES string of the molecule is CCC(C)CCCC(=O)O.CCC(C)CCCC(=O)O.CCC(C)CCCC=O.CCC(C)CCCC=O.CCC=C(C)C.CCCC(C)CC(=O)OCC(COC(=O)CCC(C)CC)OC(=O)CCC(C)CC.O.O=O.OCC(O)CO.[Ar].[C-]#[O+].[HH]. The summed E-state index contributed by atoms with van der Waals surface area (Å²) >= 11 is 0. The summed E-state index contributed by atoms with van der Waals surface area (Å²) in [7, 11) is 0. The molecule has 19 nitrogen and oxygen atoms in total. The molecule has 0 bridgehead atoms. The van der Waals surface area contributed by atoms with Crippen molar-refractivity contribution in [1.29, 1.82) is 0 Å². The van der Waals surface area contributed by atoms with Crippen molar-refractivity contribution >= 4 is 42.4 Å². The van der Waals surface area contributed by atoms with Crippen molar-refractivity contribution in [2.24, 2.45) is 41.4 Å². The Kier molecular flexibility index (Phi) is 110. The number of unbranched alkanes of at least 4 members (excludes halogenated alkanes) is 2. The van der Waals surface area contributed by atoms with Crippen molar-refractivity contribution in [2.75, 3.05) is 26.4 Å². The maximum absolute atomic E-state index is 12.2. The molecule has 0 aliphatic heterocycles. The molecule has 0 heterocycles. The van der Waals surface area contributed by atoms with Crippen molar-refractivity contribution in [1.82, 2.24) is 0 Å². The number of allylic oxidation sites excluding steroid dienone is 2. The van der Waals surface area contributed by atoms with Crippen LogP contribution in [0.15, 0.2) is 11.6 Å². The molecule has 0 spiro atoms. The number of ether oxygens (including phenoxy) is 3. The molecule has 8 unspecified atom stereocenters. The third kappa shape index (κ3) is 109. The van der Waals surface area contributed by atoms with Gasteiger partial charge in [-0.15, -0.1) is 0 Å². The molecule has 0 aliphatic carbocycles. The number of aliphatic hydroxyl groups is 3. The van der Waals surface area contributed by atoms with Crippen LogP contribution in [0.4, 0.5) is 0 Å². The first-order valence-electron chi connectivity index (χ1n) is 31.5. The molecule has 0 aromatic heterocycles. The van der Waals surface area contributed by atoms with E-state index in [0.717, 1.165) is 127 Å². The Bertz CT molecular complexity index is 1450. The van der Waals surface area contributed by atoms with Crippen molar-refractivity contribution in [3.8, 4) is 0 Å². The fourth-order valence-corrected chi connectivity index (χ4v) is 6.47. The minimum Gasteiger partial charge on any atom is 0 e. The van der Waals surface area contributed by atoms with Crippen LogP contribution in [-0.2, 0) is 52.4 Å². The number of carboxylic acid groups (broad SMARTS) is 2. The zero-order valence-electron chi connectivity index (χ0n) is 57.0. The molecule has 20 heteroatoms. The summed E-state index contributed by atoms with van der Waals surface area (Å²) in [6.45, 7) is 39.8. The average Bonchev–Trinajstić information content (AvgIpc) is 3.47. The number of carboxylic acids is 2. The van der Waals surface area contributed by atoms with Crippen LogP contribution in [0.5, 0.6) is 0 Å². The number of aliphatic hydroxyl groups excluding tert-OH is 3. The van der Waals surface area contributed by atoms with E-state index in [1.807, 2.05) is 6.92 Å². The molecule has 0 fully saturated rings. The quantitative estimate of drug-likeness (QED) is 0.00724. The number of aldehydes is 2. The third-order valence-corrected chi connectivity index (χ3v) is 13.6. The Morgan fingerprint density at radius 3 is 1.07 bits per heavy atom. The Labute approximate surface area is 554 Å². The van der Waals surface area contributed by atoms with Gasteiger partial charge in [0.15, 0.2) is 6.10 Å². The molecule has 0 saturated heterocycles. The summed E-state index contributed by atoms with van der Waals surface area (Å²) in [5.41, 5.74) is 1.41. The van der Waals surface area contributed by atoms with Gasteiger partial charge in [-0.3, -0.25) is 24.0 Å². The maximum atomic E-state index is 12.2. The van der Waals surface area contributed by atoms with Crippen molar-refractivity contribution in [3.63, 3.8) is 0 Å². The zero-order chi connectivity index (χ0) is 67.1. The molecule has 0 rings (SSSR count). The van der Waals surface area contributed by atoms with Crippen LogP contribution in [0.25, 0.3) is 0 Å². The van der Waals surface area contributed by atoms with Gasteiger partial charge in [0.25, 0.3) is 0 Å². The third-order valence-electron chi connectivity index (χ3n) is 13.6. The van der Waals surface area contributed by atoms with Gasteiger partial charge in [-0.2, -0.15) is 0 Å². The summed E-state index contributed by atoms with van der Waals surface area (Å²) in [4.78, 5) is 90.1. The molecule has 518 valence electrons. The number of hydrogen-bond donors (Lipinski definition) is 5. The predicted octanol–water partition coefficient (Wildman–Crippen LogP) is 15.0. The monoisotopic (exact) mass is 1270 g/mol. The van der Waals surface area contributed by atoms with E-state index in [-0.39, 0.29) is 94.9 Å². The summed E-state index contributed by atoms with van der Waals surface area (Å²) < 4.78 is 23.6. The van der Waals surface area contributed by atoms with Gasteiger partial charge in [-0.05, 0) is 100 Å². The van der Waals surface area contributed by atoms with E-state index < -0.39 is 24.1 Å². The van der Waals surface area contributed by atoms with Crippen LogP contribution < -0.4 is 0 Å². The standard InChI is InChI=1S/C24H44O6.2C8H16O2.2C8H16O.C6H12.C3H8O3.CO.Ar.O2.H2O.H2/c1-7-10-20(6)15-24(27)29-17-21(30-23(26)14-12-19(5)9-3)16-28-22(25)13-11-18(4)8-2;2*1-3-7(2)5-4-6-8(9)10;2*1-3-8(2)6-4-5-7-9;1-4-5-6(2)3;4-1-3(6)2-5;1-2;;1-2;;/h18-21H,7-17H2,1-6H3;2*7H,3-6H2,1-2H3,(H,9,10);2*7-8H,3-6H2,1-2H3;5H,4H2,1-3H3;3-6H,1-2H2;;;;1H2;1H. The fourth-order valence-electron chi connectivity index (χ4n) is 6.47. The van der Waals surface area contributed by atoms with E-state index in [9.17, 15) is 33.6 Å². The van der Waals surface area contributed by atoms with Crippen LogP contribution in [0.1, 0.15) is 286 Å². The van der Waals surface area contributed by atoms with E-state index in [1.165, 1.54) is 37.7 Å². The van der Waals surface area contributed by atoms with E-state index in [1.54, 1.807) is 0 Å². The molecule has 0 aromatic carbocycles. The molecule has 0 aliphatic rings. The van der Waals surface area contributed by atoms with E-state index in [0.29, 0.717) is 55.8 Å². The second kappa shape index (κ2) is 88.3. The van der Waals surface area contributed by atoms with Crippen LogP contribution >= 0.6 is 0 Å². The van der Waals surface area contributed by atoms with E-state index in [2.05, 4.69) is 124 Å². The van der Waals surface area contributed by atoms with E-state index in [4.69, 9.17) is 54.3 Å². The average molecular weight is 1270 g/mol. The van der Waals surface area contributed by atoms with Gasteiger partial charge in [0, 0.05) is 94.0 Å². The maximum Gasteiger partial charge on any atom is 0 e. The molecule has 86 heavy (non-hydrogen) atoms. The molecular weight excluding hydrogens is 1140 g/mol. The van der Waals surface area contributed by atoms with Gasteiger partial charge >= 0.3 is 41.1 Å². The summed E-state index contributed by atoms with van der Waals surface area (Å²) in [6.07, 6.45) is 25.3. The van der Waals surface area contributed by atoms with Crippen molar-refractivity contribution in [2.45, 2.75) is 297 Å². The molecule has 0 saturated carbocycles. The molecular formula is C66H132ArO19. The number of esters is 3. The van der Waals surface area contributed by atoms with Gasteiger partial charge in [0.1, 0.15) is 31.9 Å². The second-order valence-electron chi connectivity index (χ2n) is 22.2. The minimum absolute atomic E-state index is 0. The zero-order valence-corrected chi connectivity index (χ0v) is 57.7. The Balaban J connectivity index is -0.0000000821. The molecule has 8 atom stereocenters. The normalized spacial score (nSPS) is 12.3. The van der Waals surface area contributed by atoms with Crippen LogP contribution in [0, 0.1) is 95.7 Å². The topological polar surface area (TPSA) is 334 Å². The van der Waals surface area contributed by atoms with Crippen LogP contribution in [0.2, 0.25) is 0 Å². The molecule has 0 amide bonds. The molecule has 0 aromatic rings. The van der Waals surface area contributed by atoms with Gasteiger partial charge in [-0.1, -0.05) is 193 Å². The first-order chi connectivity index (χ1) is 39.7. The van der Waals surface area contributed by atoms with Crippen LogP contribution in [-0.4, -0.2) is 112 Å². The minimum atomic E-state index is -0.954. The first-order valence-corrected chi connectivity index (χ1v) is 31.5. The van der Waals surface area contributed by atoms with Gasteiger partial charge < -0.3 is 54.8 Å². The fraction of sp³-hybridized carbons (Fsp3) is 0.848. The Morgan fingerprint density at radius 2 is 0.814 bits per heavy atom. The van der Waals surface area contributed by atoms with Gasteiger partial charge in [-0.25, -0.2) is 0 Å². The number of rotatable bonds is 40. The van der Waals surface area contributed by atoms with Gasteiger partial charge in [0.05, 0.1) is 13.2 Å². The van der Waals surface area contributed by atoms with Crippen molar-refractivity contribution < 1.29 is 123 Å². The van der Waals surface area contributed by atoms with E-state index >= 15 is 0 Å². The number of aliphatic carboxylic acids is 2. The molecule has 0 radical (unpaired) electrons. The summed E-state index contributed by atoms with van der Waals surface area (Å²) in [5.74, 6) is 1.74. The predicted molar refractivity (Wildman–Crippen MR) is 345 cm³/mol. The van der Waals surface area contributed by atoms with Gasteiger partial charge in [0.2, 0.25) is 0 Å².